The third kappa shape index (κ3) is 4.85. The van der Waals surface area contributed by atoms with Crippen LogP contribution in [0.5, 0.6) is 5.75 Å². The van der Waals surface area contributed by atoms with Crippen LogP contribution in [0.4, 0.5) is 0 Å². The molecule has 0 saturated heterocycles. The highest BCUT2D eigenvalue weighted by molar-refractivity contribution is 7.99. The summed E-state index contributed by atoms with van der Waals surface area (Å²) in [5.41, 5.74) is 1.50. The first-order valence-electron chi connectivity index (χ1n) is 9.60. The number of thiophene rings is 1. The summed E-state index contributed by atoms with van der Waals surface area (Å²) in [6, 6.07) is 7.31. The van der Waals surface area contributed by atoms with Crippen LogP contribution < -0.4 is 15.6 Å². The van der Waals surface area contributed by atoms with Crippen molar-refractivity contribution in [2.45, 2.75) is 25.9 Å². The maximum absolute atomic E-state index is 13.4. The Morgan fingerprint density at radius 3 is 2.67 bits per heavy atom. The topological polar surface area (TPSA) is 82.4 Å². The van der Waals surface area contributed by atoms with E-state index in [1.54, 1.807) is 11.7 Å². The Morgan fingerprint density at radius 2 is 2.00 bits per heavy atom. The Kier molecular flexibility index (Phi) is 7.52. The Morgan fingerprint density at radius 1 is 1.27 bits per heavy atom. The van der Waals surface area contributed by atoms with Gasteiger partial charge in [0.25, 0.3) is 5.56 Å². The summed E-state index contributed by atoms with van der Waals surface area (Å²) in [4.78, 5) is 32.0. The first-order valence-corrected chi connectivity index (χ1v) is 11.4. The molecule has 0 spiro atoms. The number of methoxy groups -OCH3 is 1. The summed E-state index contributed by atoms with van der Waals surface area (Å²) >= 11 is 2.74. The monoisotopic (exact) mass is 447 g/mol. The standard InChI is InChI=1S/C21H25N3O4S2/c1-5-28-16-8-6-15(7-9-16)24-20(26)18-13(2)14(3)30-19(18)23-21(24)29-12-17(25)22-10-11-27-4/h6-9H,5,10-12H2,1-4H3,(H,22,25). The van der Waals surface area contributed by atoms with E-state index in [1.807, 2.05) is 45.0 Å². The number of amides is 1. The minimum atomic E-state index is -0.136. The molecular weight excluding hydrogens is 422 g/mol. The third-order valence-electron chi connectivity index (χ3n) is 4.54. The van der Waals surface area contributed by atoms with E-state index in [-0.39, 0.29) is 17.2 Å². The molecule has 0 atom stereocenters. The van der Waals surface area contributed by atoms with Gasteiger partial charge in [0.2, 0.25) is 5.91 Å². The van der Waals surface area contributed by atoms with Crippen molar-refractivity contribution in [2.75, 3.05) is 32.6 Å². The summed E-state index contributed by atoms with van der Waals surface area (Å²) < 4.78 is 12.0. The summed E-state index contributed by atoms with van der Waals surface area (Å²) in [5, 5.41) is 3.90. The van der Waals surface area contributed by atoms with Crippen molar-refractivity contribution in [3.63, 3.8) is 0 Å². The van der Waals surface area contributed by atoms with Crippen molar-refractivity contribution in [3.8, 4) is 11.4 Å². The van der Waals surface area contributed by atoms with Gasteiger partial charge in [-0.15, -0.1) is 11.3 Å². The highest BCUT2D eigenvalue weighted by atomic mass is 32.2. The molecule has 7 nitrogen and oxygen atoms in total. The predicted octanol–water partition coefficient (Wildman–Crippen LogP) is 3.32. The predicted molar refractivity (Wildman–Crippen MR) is 121 cm³/mol. The second-order valence-electron chi connectivity index (χ2n) is 6.56. The van der Waals surface area contributed by atoms with E-state index in [2.05, 4.69) is 5.32 Å². The van der Waals surface area contributed by atoms with Crippen LogP contribution in [-0.4, -0.2) is 48.1 Å². The first kappa shape index (κ1) is 22.3. The van der Waals surface area contributed by atoms with Crippen molar-refractivity contribution >= 4 is 39.2 Å². The molecule has 0 aliphatic heterocycles. The van der Waals surface area contributed by atoms with E-state index in [9.17, 15) is 9.59 Å². The van der Waals surface area contributed by atoms with Crippen molar-refractivity contribution in [3.05, 3.63) is 45.1 Å². The van der Waals surface area contributed by atoms with Crippen molar-refractivity contribution in [1.82, 2.24) is 14.9 Å². The fourth-order valence-electron chi connectivity index (χ4n) is 2.93. The van der Waals surface area contributed by atoms with Crippen LogP contribution in [0.3, 0.4) is 0 Å². The fourth-order valence-corrected chi connectivity index (χ4v) is 4.84. The number of carbonyl (C=O) groups excluding carboxylic acids is 1. The molecule has 2 heterocycles. The largest absolute Gasteiger partial charge is 0.494 e. The summed E-state index contributed by atoms with van der Waals surface area (Å²) in [5.74, 6) is 0.753. The maximum atomic E-state index is 13.4. The van der Waals surface area contributed by atoms with Gasteiger partial charge in [0.15, 0.2) is 5.16 Å². The highest BCUT2D eigenvalue weighted by Gasteiger charge is 2.19. The fraction of sp³-hybridized carbons (Fsp3) is 0.381. The van der Waals surface area contributed by atoms with E-state index >= 15 is 0 Å². The van der Waals surface area contributed by atoms with Crippen molar-refractivity contribution in [2.24, 2.45) is 0 Å². The van der Waals surface area contributed by atoms with Crippen LogP contribution in [-0.2, 0) is 9.53 Å². The molecule has 0 fully saturated rings. The second kappa shape index (κ2) is 10.1. The minimum absolute atomic E-state index is 0.131. The van der Waals surface area contributed by atoms with Crippen LogP contribution in [0, 0.1) is 13.8 Å². The van der Waals surface area contributed by atoms with E-state index < -0.39 is 0 Å². The lowest BCUT2D eigenvalue weighted by atomic mass is 10.2. The lowest BCUT2D eigenvalue weighted by molar-refractivity contribution is -0.118. The average molecular weight is 448 g/mol. The summed E-state index contributed by atoms with van der Waals surface area (Å²) in [6.07, 6.45) is 0. The third-order valence-corrected chi connectivity index (χ3v) is 6.58. The highest BCUT2D eigenvalue weighted by Crippen LogP contribution is 2.29. The normalized spacial score (nSPS) is 11.1. The number of hydrogen-bond donors (Lipinski definition) is 1. The van der Waals surface area contributed by atoms with Crippen LogP contribution in [0.2, 0.25) is 0 Å². The molecule has 0 aliphatic carbocycles. The van der Waals surface area contributed by atoms with Crippen LogP contribution >= 0.6 is 23.1 Å². The number of fused-ring (bicyclic) bond motifs is 1. The number of aromatic nitrogens is 2. The Bertz CT molecular complexity index is 1090. The molecule has 3 aromatic rings. The van der Waals surface area contributed by atoms with Crippen LogP contribution in [0.25, 0.3) is 15.9 Å². The van der Waals surface area contributed by atoms with Gasteiger partial charge in [-0.1, -0.05) is 11.8 Å². The lowest BCUT2D eigenvalue weighted by Gasteiger charge is -2.13. The molecule has 1 N–H and O–H groups in total. The van der Waals surface area contributed by atoms with Crippen LogP contribution in [0.1, 0.15) is 17.4 Å². The van der Waals surface area contributed by atoms with Crippen molar-refractivity contribution in [1.29, 1.82) is 0 Å². The molecule has 30 heavy (non-hydrogen) atoms. The van der Waals surface area contributed by atoms with Gasteiger partial charge in [-0.2, -0.15) is 0 Å². The number of carbonyl (C=O) groups is 1. The number of ether oxygens (including phenoxy) is 2. The minimum Gasteiger partial charge on any atom is -0.494 e. The molecule has 0 radical (unpaired) electrons. The molecule has 0 bridgehead atoms. The Labute approximate surface area is 183 Å². The molecule has 0 aliphatic rings. The lowest BCUT2D eigenvalue weighted by Crippen LogP contribution is -2.29. The van der Waals surface area contributed by atoms with E-state index in [4.69, 9.17) is 14.5 Å². The first-order chi connectivity index (χ1) is 14.5. The number of nitrogens with one attached hydrogen (secondary N) is 1. The van der Waals surface area contributed by atoms with Gasteiger partial charge in [0.1, 0.15) is 10.6 Å². The number of rotatable bonds is 9. The number of thioether (sulfide) groups is 1. The van der Waals surface area contributed by atoms with Gasteiger partial charge in [0, 0.05) is 18.5 Å². The van der Waals surface area contributed by atoms with Gasteiger partial charge in [0.05, 0.1) is 30.0 Å². The summed E-state index contributed by atoms with van der Waals surface area (Å²) in [7, 11) is 1.58. The van der Waals surface area contributed by atoms with Gasteiger partial charge in [-0.3, -0.25) is 14.2 Å². The molecule has 160 valence electrons. The Hall–Kier alpha value is -2.36. The van der Waals surface area contributed by atoms with Gasteiger partial charge < -0.3 is 14.8 Å². The quantitative estimate of drug-likeness (QED) is 0.308. The summed E-state index contributed by atoms with van der Waals surface area (Å²) in [6.45, 7) is 7.31. The molecule has 9 heteroatoms. The zero-order valence-corrected chi connectivity index (χ0v) is 19.1. The zero-order chi connectivity index (χ0) is 21.7. The average Bonchev–Trinajstić information content (AvgIpc) is 3.01. The van der Waals surface area contributed by atoms with Gasteiger partial charge in [-0.25, -0.2) is 4.98 Å². The van der Waals surface area contributed by atoms with Gasteiger partial charge >= 0.3 is 0 Å². The van der Waals surface area contributed by atoms with E-state index in [0.29, 0.717) is 40.8 Å². The maximum Gasteiger partial charge on any atom is 0.267 e. The molecule has 1 amide bonds. The zero-order valence-electron chi connectivity index (χ0n) is 17.5. The molecule has 1 aromatic carbocycles. The molecule has 0 saturated carbocycles. The van der Waals surface area contributed by atoms with Gasteiger partial charge in [-0.05, 0) is 50.6 Å². The number of hydrogen-bond acceptors (Lipinski definition) is 7. The molecule has 2 aromatic heterocycles. The van der Waals surface area contributed by atoms with Crippen molar-refractivity contribution < 1.29 is 14.3 Å². The molecule has 0 unspecified atom stereocenters. The Balaban J connectivity index is 2.00. The van der Waals surface area contributed by atoms with E-state index in [0.717, 1.165) is 16.2 Å². The smallest absolute Gasteiger partial charge is 0.267 e. The number of benzene rings is 1. The van der Waals surface area contributed by atoms with Crippen LogP contribution in [0.15, 0.2) is 34.2 Å². The SMILES string of the molecule is CCOc1ccc(-n2c(SCC(=O)NCCOC)nc3sc(C)c(C)c3c2=O)cc1. The number of nitrogens with zero attached hydrogens (tertiary/aromatic N) is 2. The van der Waals surface area contributed by atoms with E-state index in [1.165, 1.54) is 23.1 Å². The molecule has 3 rings (SSSR count). The molecular formula is C21H25N3O4S2. The second-order valence-corrected chi connectivity index (χ2v) is 8.70. The number of aryl methyl sites for hydroxylation is 2.